The molecule has 0 saturated carbocycles. The number of ether oxygens (including phenoxy) is 4. The summed E-state index contributed by atoms with van der Waals surface area (Å²) in [5.41, 5.74) is 2.82. The van der Waals surface area contributed by atoms with Gasteiger partial charge in [0.15, 0.2) is 23.0 Å². The van der Waals surface area contributed by atoms with E-state index in [1.807, 2.05) is 55.5 Å². The van der Waals surface area contributed by atoms with E-state index in [9.17, 15) is 14.4 Å². The number of benzene rings is 4. The molecule has 5 rings (SSSR count). The molecule has 1 aliphatic heterocycles. The third-order valence-corrected chi connectivity index (χ3v) is 7.52. The maximum Gasteiger partial charge on any atom is 0.335 e. The summed E-state index contributed by atoms with van der Waals surface area (Å²) >= 11 is 12.7. The zero-order valence-electron chi connectivity index (χ0n) is 25.3. The zero-order valence-corrected chi connectivity index (χ0v) is 26.8. The summed E-state index contributed by atoms with van der Waals surface area (Å²) < 4.78 is 23.4. The lowest BCUT2D eigenvalue weighted by atomic mass is 10.1. The van der Waals surface area contributed by atoms with Crippen molar-refractivity contribution in [2.24, 2.45) is 0 Å². The van der Waals surface area contributed by atoms with E-state index in [1.54, 1.807) is 25.1 Å². The van der Waals surface area contributed by atoms with Crippen LogP contribution >= 0.6 is 23.2 Å². The fraction of sp³-hybridized carbons (Fsp3) is 0.171. The number of rotatable bonds is 11. The third-order valence-electron chi connectivity index (χ3n) is 7.00. The largest absolute Gasteiger partial charge is 0.493 e. The Balaban J connectivity index is 1.36. The number of hydrogen-bond acceptors (Lipinski definition) is 7. The SMILES string of the molecule is CCOc1cc(COc2c(Cl)cc(/C=C3\C(=O)NC(=O)N(c4cc(Cl)ccc4C)C3=O)cc2OC)ccc1OCc1ccccc1. The van der Waals surface area contributed by atoms with Crippen molar-refractivity contribution < 1.29 is 33.3 Å². The minimum Gasteiger partial charge on any atom is -0.493 e. The lowest BCUT2D eigenvalue weighted by Crippen LogP contribution is -2.54. The summed E-state index contributed by atoms with van der Waals surface area (Å²) in [6.45, 7) is 4.60. The molecular weight excluding hydrogens is 631 g/mol. The number of imide groups is 2. The van der Waals surface area contributed by atoms with Gasteiger partial charge in [-0.05, 0) is 78.6 Å². The minimum absolute atomic E-state index is 0.131. The second kappa shape index (κ2) is 14.4. The molecule has 0 bridgehead atoms. The smallest absolute Gasteiger partial charge is 0.335 e. The van der Waals surface area contributed by atoms with Gasteiger partial charge < -0.3 is 18.9 Å². The van der Waals surface area contributed by atoms with Gasteiger partial charge in [-0.3, -0.25) is 14.9 Å². The van der Waals surface area contributed by atoms with Crippen molar-refractivity contribution in [1.82, 2.24) is 5.32 Å². The molecule has 0 radical (unpaired) electrons. The van der Waals surface area contributed by atoms with Crippen molar-refractivity contribution in [3.8, 4) is 23.0 Å². The van der Waals surface area contributed by atoms with Gasteiger partial charge in [0.05, 0.1) is 24.4 Å². The first kappa shape index (κ1) is 32.4. The molecule has 1 heterocycles. The number of nitrogens with one attached hydrogen (secondary N) is 1. The summed E-state index contributed by atoms with van der Waals surface area (Å²) in [6.07, 6.45) is 1.33. The first-order chi connectivity index (χ1) is 22.2. The molecule has 0 aromatic heterocycles. The van der Waals surface area contributed by atoms with Gasteiger partial charge >= 0.3 is 6.03 Å². The normalized spacial score (nSPS) is 13.9. The van der Waals surface area contributed by atoms with Crippen LogP contribution in [0.5, 0.6) is 23.0 Å². The minimum atomic E-state index is -0.875. The number of anilines is 1. The van der Waals surface area contributed by atoms with Gasteiger partial charge in [0, 0.05) is 5.02 Å². The number of carbonyl (C=O) groups is 3. The van der Waals surface area contributed by atoms with Gasteiger partial charge in [0.2, 0.25) is 0 Å². The Kier molecular flexibility index (Phi) is 10.1. The molecule has 11 heteroatoms. The number of barbiturate groups is 1. The monoisotopic (exact) mass is 660 g/mol. The Morgan fingerprint density at radius 3 is 2.30 bits per heavy atom. The number of urea groups is 1. The molecule has 1 aliphatic rings. The van der Waals surface area contributed by atoms with Gasteiger partial charge in [-0.1, -0.05) is 65.7 Å². The lowest BCUT2D eigenvalue weighted by molar-refractivity contribution is -0.122. The van der Waals surface area contributed by atoms with Crippen LogP contribution in [0.15, 0.2) is 84.4 Å². The molecule has 1 fully saturated rings. The number of hydrogen-bond donors (Lipinski definition) is 1. The Morgan fingerprint density at radius 2 is 1.57 bits per heavy atom. The van der Waals surface area contributed by atoms with Crippen LogP contribution in [0, 0.1) is 6.92 Å². The molecule has 4 amide bonds. The average molecular weight is 662 g/mol. The van der Waals surface area contributed by atoms with Crippen molar-refractivity contribution in [2.75, 3.05) is 18.6 Å². The van der Waals surface area contributed by atoms with Crippen molar-refractivity contribution in [3.63, 3.8) is 0 Å². The second-order valence-electron chi connectivity index (χ2n) is 10.2. The summed E-state index contributed by atoms with van der Waals surface area (Å²) in [6, 6.07) is 22.4. The van der Waals surface area contributed by atoms with Crippen LogP contribution < -0.4 is 29.2 Å². The molecule has 236 valence electrons. The van der Waals surface area contributed by atoms with Gasteiger partial charge in [0.25, 0.3) is 11.8 Å². The number of carbonyl (C=O) groups excluding carboxylic acids is 3. The molecule has 46 heavy (non-hydrogen) atoms. The van der Waals surface area contributed by atoms with E-state index in [0.717, 1.165) is 16.0 Å². The van der Waals surface area contributed by atoms with Crippen LogP contribution in [0.4, 0.5) is 10.5 Å². The van der Waals surface area contributed by atoms with Crippen LogP contribution in [0.1, 0.15) is 29.2 Å². The van der Waals surface area contributed by atoms with Crippen molar-refractivity contribution in [3.05, 3.63) is 117 Å². The van der Waals surface area contributed by atoms with Crippen LogP contribution in [0.2, 0.25) is 10.0 Å². The zero-order chi connectivity index (χ0) is 32.8. The molecule has 1 saturated heterocycles. The fourth-order valence-corrected chi connectivity index (χ4v) is 5.19. The first-order valence-electron chi connectivity index (χ1n) is 14.3. The summed E-state index contributed by atoms with van der Waals surface area (Å²) in [5, 5.41) is 2.72. The van der Waals surface area contributed by atoms with Gasteiger partial charge in [0.1, 0.15) is 18.8 Å². The molecule has 0 aliphatic carbocycles. The quantitative estimate of drug-likeness (QED) is 0.131. The molecule has 4 aromatic rings. The van der Waals surface area contributed by atoms with Gasteiger partial charge in [-0.25, -0.2) is 9.69 Å². The number of aryl methyl sites for hydroxylation is 1. The molecule has 9 nitrogen and oxygen atoms in total. The molecule has 0 atom stereocenters. The second-order valence-corrected chi connectivity index (χ2v) is 11.0. The van der Waals surface area contributed by atoms with Crippen LogP contribution in [-0.4, -0.2) is 31.6 Å². The maximum absolute atomic E-state index is 13.4. The number of nitrogens with zero attached hydrogens (tertiary/aromatic N) is 1. The number of amides is 4. The van der Waals surface area contributed by atoms with Crippen molar-refractivity contribution >= 4 is 52.8 Å². The van der Waals surface area contributed by atoms with Crippen LogP contribution in [0.25, 0.3) is 6.08 Å². The Bertz CT molecular complexity index is 1830. The number of halogens is 2. The molecule has 0 spiro atoms. The molecular formula is C35H30Cl2N2O7. The van der Waals surface area contributed by atoms with E-state index >= 15 is 0 Å². The third kappa shape index (κ3) is 7.28. The lowest BCUT2D eigenvalue weighted by Gasteiger charge is -2.27. The first-order valence-corrected chi connectivity index (χ1v) is 15.0. The molecule has 4 aromatic carbocycles. The predicted octanol–water partition coefficient (Wildman–Crippen LogP) is 7.53. The van der Waals surface area contributed by atoms with Crippen LogP contribution in [0.3, 0.4) is 0 Å². The molecule has 0 unspecified atom stereocenters. The Labute approximate surface area is 276 Å². The van der Waals surface area contributed by atoms with E-state index in [1.165, 1.54) is 25.3 Å². The van der Waals surface area contributed by atoms with Crippen LogP contribution in [-0.2, 0) is 22.8 Å². The predicted molar refractivity (Wildman–Crippen MR) is 176 cm³/mol. The van der Waals surface area contributed by atoms with Gasteiger partial charge in [-0.15, -0.1) is 0 Å². The van der Waals surface area contributed by atoms with Gasteiger partial charge in [-0.2, -0.15) is 0 Å². The fourth-order valence-electron chi connectivity index (χ4n) is 4.75. The van der Waals surface area contributed by atoms with E-state index in [-0.39, 0.29) is 34.4 Å². The summed E-state index contributed by atoms with van der Waals surface area (Å²) in [4.78, 5) is 39.7. The summed E-state index contributed by atoms with van der Waals surface area (Å²) in [5.74, 6) is 0.0671. The van der Waals surface area contributed by atoms with Crippen molar-refractivity contribution in [1.29, 1.82) is 0 Å². The van der Waals surface area contributed by atoms with E-state index in [0.29, 0.717) is 40.9 Å². The Hall–Kier alpha value is -4.99. The van der Waals surface area contributed by atoms with E-state index in [2.05, 4.69) is 5.32 Å². The highest BCUT2D eigenvalue weighted by atomic mass is 35.5. The topological polar surface area (TPSA) is 103 Å². The standard InChI is InChI=1S/C35H30Cl2N2O7/c1-4-44-30-16-23(11-13-29(30)45-19-22-8-6-5-7-9-22)20-46-32-27(37)15-24(17-31(32)43-3)14-26-33(40)38-35(42)39(34(26)41)28-18-25(36)12-10-21(28)2/h5-18H,4,19-20H2,1-3H3,(H,38,40,42)/b26-14+. The summed E-state index contributed by atoms with van der Waals surface area (Å²) in [7, 11) is 1.45. The highest BCUT2D eigenvalue weighted by molar-refractivity contribution is 6.40. The van der Waals surface area contributed by atoms with E-state index in [4.69, 9.17) is 42.1 Å². The average Bonchev–Trinajstić information content (AvgIpc) is 3.04. The highest BCUT2D eigenvalue weighted by Gasteiger charge is 2.37. The van der Waals surface area contributed by atoms with E-state index < -0.39 is 17.8 Å². The maximum atomic E-state index is 13.4. The Morgan fingerprint density at radius 1 is 0.804 bits per heavy atom. The van der Waals surface area contributed by atoms with Crippen molar-refractivity contribution in [2.45, 2.75) is 27.1 Å². The number of methoxy groups -OCH3 is 1. The molecule has 1 N–H and O–H groups in total. The highest BCUT2D eigenvalue weighted by Crippen LogP contribution is 2.39.